The molecule has 1 aliphatic heterocycles. The van der Waals surface area contributed by atoms with Gasteiger partial charge in [0.05, 0.1) is 0 Å². The molecule has 1 fully saturated rings. The van der Waals surface area contributed by atoms with E-state index >= 15 is 0 Å². The Balaban J connectivity index is 2.31. The van der Waals surface area contributed by atoms with Crippen LogP contribution < -0.4 is 0 Å². The van der Waals surface area contributed by atoms with Gasteiger partial charge in [-0.1, -0.05) is 6.92 Å². The predicted octanol–water partition coefficient (Wildman–Crippen LogP) is 2.17. The lowest BCUT2D eigenvalue weighted by molar-refractivity contribution is 0.109. The zero-order chi connectivity index (χ0) is 10.4. The number of ether oxygens (including phenoxy) is 1. The second kappa shape index (κ2) is 6.17. The van der Waals surface area contributed by atoms with Crippen LogP contribution in [0.4, 0.5) is 4.79 Å². The highest BCUT2D eigenvalue weighted by atomic mass is 32.1. The smallest absolute Gasteiger partial charge is 0.409 e. The molecule has 1 heterocycles. The van der Waals surface area contributed by atoms with E-state index in [-0.39, 0.29) is 6.09 Å². The van der Waals surface area contributed by atoms with Gasteiger partial charge >= 0.3 is 6.09 Å². The van der Waals surface area contributed by atoms with Crippen LogP contribution in [0.5, 0.6) is 0 Å². The Bertz CT molecular complexity index is 187. The summed E-state index contributed by atoms with van der Waals surface area (Å²) >= 11 is 4.00. The summed E-state index contributed by atoms with van der Waals surface area (Å²) in [7, 11) is 0. The van der Waals surface area contributed by atoms with Crippen LogP contribution >= 0.6 is 12.6 Å². The van der Waals surface area contributed by atoms with Crippen molar-refractivity contribution in [1.29, 1.82) is 0 Å². The van der Waals surface area contributed by atoms with Gasteiger partial charge in [0.15, 0.2) is 0 Å². The minimum Gasteiger partial charge on any atom is -0.449 e. The summed E-state index contributed by atoms with van der Waals surface area (Å²) in [5.41, 5.74) is 0. The topological polar surface area (TPSA) is 29.5 Å². The average molecular weight is 217 g/mol. The highest BCUT2D eigenvalue weighted by Crippen LogP contribution is 2.16. The molecule has 1 saturated heterocycles. The summed E-state index contributed by atoms with van der Waals surface area (Å²) in [6.07, 6.45) is 3.23. The van der Waals surface area contributed by atoms with Crippen molar-refractivity contribution in [2.45, 2.75) is 26.2 Å². The largest absolute Gasteiger partial charge is 0.449 e. The normalized spacial score (nSPS) is 23.0. The first-order valence-electron chi connectivity index (χ1n) is 5.26. The minimum absolute atomic E-state index is 0.173. The molecule has 4 heteroatoms. The van der Waals surface area contributed by atoms with Gasteiger partial charge in [-0.3, -0.25) is 0 Å². The fraction of sp³-hybridized carbons (Fsp3) is 0.900. The van der Waals surface area contributed by atoms with Crippen molar-refractivity contribution in [3.8, 4) is 0 Å². The number of carbonyl (C=O) groups excluding carboxylic acids is 1. The first kappa shape index (κ1) is 11.7. The standard InChI is InChI=1S/C10H19NO2S/c1-9-3-2-5-11(6-4-9)10(12)13-7-8-14/h9,14H,2-8H2,1H3. The molecule has 0 aromatic rings. The number of rotatable bonds is 2. The Hall–Kier alpha value is -0.380. The lowest BCUT2D eigenvalue weighted by atomic mass is 10.0. The molecule has 0 radical (unpaired) electrons. The molecule has 0 aromatic carbocycles. The van der Waals surface area contributed by atoms with E-state index in [4.69, 9.17) is 4.74 Å². The molecule has 0 bridgehead atoms. The summed E-state index contributed by atoms with van der Waals surface area (Å²) in [6.45, 7) is 4.33. The zero-order valence-electron chi connectivity index (χ0n) is 8.74. The van der Waals surface area contributed by atoms with Crippen LogP contribution in [-0.4, -0.2) is 36.4 Å². The fourth-order valence-corrected chi connectivity index (χ4v) is 1.76. The predicted molar refractivity (Wildman–Crippen MR) is 59.8 cm³/mol. The van der Waals surface area contributed by atoms with E-state index < -0.39 is 0 Å². The van der Waals surface area contributed by atoms with Crippen molar-refractivity contribution in [2.24, 2.45) is 5.92 Å². The quantitative estimate of drug-likeness (QED) is 0.718. The fourth-order valence-electron chi connectivity index (χ4n) is 1.67. The Kier molecular flexibility index (Phi) is 5.15. The van der Waals surface area contributed by atoms with E-state index in [0.717, 1.165) is 31.8 Å². The first-order chi connectivity index (χ1) is 6.74. The van der Waals surface area contributed by atoms with Crippen molar-refractivity contribution in [3.05, 3.63) is 0 Å². The lowest BCUT2D eigenvalue weighted by Gasteiger charge is -2.19. The van der Waals surface area contributed by atoms with Crippen LogP contribution in [-0.2, 0) is 4.74 Å². The van der Waals surface area contributed by atoms with Gasteiger partial charge in [0.1, 0.15) is 6.61 Å². The van der Waals surface area contributed by atoms with Crippen LogP contribution in [0.25, 0.3) is 0 Å². The Morgan fingerprint density at radius 1 is 1.50 bits per heavy atom. The molecule has 0 aromatic heterocycles. The van der Waals surface area contributed by atoms with Gasteiger partial charge in [-0.15, -0.1) is 0 Å². The van der Waals surface area contributed by atoms with Gasteiger partial charge in [0.2, 0.25) is 0 Å². The molecule has 1 amide bonds. The van der Waals surface area contributed by atoms with Crippen LogP contribution in [0.2, 0.25) is 0 Å². The molecule has 1 unspecified atom stereocenters. The summed E-state index contributed by atoms with van der Waals surface area (Å²) in [5, 5.41) is 0. The van der Waals surface area contributed by atoms with Gasteiger partial charge in [-0.2, -0.15) is 12.6 Å². The molecule has 0 spiro atoms. The highest BCUT2D eigenvalue weighted by Gasteiger charge is 2.18. The molecule has 1 atom stereocenters. The first-order valence-corrected chi connectivity index (χ1v) is 5.90. The van der Waals surface area contributed by atoms with E-state index in [1.807, 2.05) is 4.90 Å². The third-order valence-electron chi connectivity index (χ3n) is 2.59. The Labute approximate surface area is 91.2 Å². The van der Waals surface area contributed by atoms with Crippen molar-refractivity contribution >= 4 is 18.7 Å². The average Bonchev–Trinajstić information content (AvgIpc) is 2.39. The third-order valence-corrected chi connectivity index (χ3v) is 2.77. The molecule has 14 heavy (non-hydrogen) atoms. The van der Waals surface area contributed by atoms with E-state index in [9.17, 15) is 4.79 Å². The molecule has 0 saturated carbocycles. The monoisotopic (exact) mass is 217 g/mol. The van der Waals surface area contributed by atoms with E-state index in [2.05, 4.69) is 19.6 Å². The van der Waals surface area contributed by atoms with E-state index in [1.54, 1.807) is 0 Å². The zero-order valence-corrected chi connectivity index (χ0v) is 9.63. The summed E-state index contributed by atoms with van der Waals surface area (Å²) in [6, 6.07) is 0. The molecular formula is C10H19NO2S. The molecule has 0 aliphatic carbocycles. The molecular weight excluding hydrogens is 198 g/mol. The molecule has 82 valence electrons. The number of amides is 1. The third kappa shape index (κ3) is 3.78. The number of carbonyl (C=O) groups is 1. The second-order valence-corrected chi connectivity index (χ2v) is 4.31. The van der Waals surface area contributed by atoms with Crippen molar-refractivity contribution in [3.63, 3.8) is 0 Å². The van der Waals surface area contributed by atoms with Crippen molar-refractivity contribution in [1.82, 2.24) is 4.90 Å². The number of nitrogens with zero attached hydrogens (tertiary/aromatic N) is 1. The van der Waals surface area contributed by atoms with Gasteiger partial charge in [-0.25, -0.2) is 4.79 Å². The van der Waals surface area contributed by atoms with E-state index in [1.165, 1.54) is 6.42 Å². The Morgan fingerprint density at radius 3 is 3.00 bits per heavy atom. The van der Waals surface area contributed by atoms with Crippen LogP contribution in [0.1, 0.15) is 26.2 Å². The molecule has 1 rings (SSSR count). The molecule has 1 aliphatic rings. The maximum atomic E-state index is 11.5. The summed E-state index contributed by atoms with van der Waals surface area (Å²) in [5.74, 6) is 1.33. The summed E-state index contributed by atoms with van der Waals surface area (Å²) in [4.78, 5) is 13.3. The van der Waals surface area contributed by atoms with Gasteiger partial charge in [0, 0.05) is 18.8 Å². The van der Waals surface area contributed by atoms with Gasteiger partial charge in [-0.05, 0) is 25.2 Å². The minimum atomic E-state index is -0.173. The molecule has 0 N–H and O–H groups in total. The number of likely N-dealkylation sites (tertiary alicyclic amines) is 1. The van der Waals surface area contributed by atoms with Crippen LogP contribution in [0, 0.1) is 5.92 Å². The number of hydrogen-bond acceptors (Lipinski definition) is 3. The second-order valence-electron chi connectivity index (χ2n) is 3.86. The van der Waals surface area contributed by atoms with Crippen molar-refractivity contribution < 1.29 is 9.53 Å². The van der Waals surface area contributed by atoms with Crippen molar-refractivity contribution in [2.75, 3.05) is 25.4 Å². The van der Waals surface area contributed by atoms with Gasteiger partial charge < -0.3 is 9.64 Å². The molecule has 3 nitrogen and oxygen atoms in total. The van der Waals surface area contributed by atoms with Gasteiger partial charge in [0.25, 0.3) is 0 Å². The maximum absolute atomic E-state index is 11.5. The maximum Gasteiger partial charge on any atom is 0.409 e. The number of thiol groups is 1. The van der Waals surface area contributed by atoms with Crippen LogP contribution in [0.3, 0.4) is 0 Å². The Morgan fingerprint density at radius 2 is 2.29 bits per heavy atom. The SMILES string of the molecule is CC1CCCN(C(=O)OCCS)CC1. The van der Waals surface area contributed by atoms with E-state index in [0.29, 0.717) is 12.4 Å². The lowest BCUT2D eigenvalue weighted by Crippen LogP contribution is -2.32. The van der Waals surface area contributed by atoms with Crippen LogP contribution in [0.15, 0.2) is 0 Å². The number of hydrogen-bond donors (Lipinski definition) is 1. The summed E-state index contributed by atoms with van der Waals surface area (Å²) < 4.78 is 5.03. The highest BCUT2D eigenvalue weighted by molar-refractivity contribution is 7.80.